The fourth-order valence-corrected chi connectivity index (χ4v) is 3.39. The molecular weight excluding hydrogens is 369 g/mol. The molecule has 0 saturated heterocycles. The zero-order chi connectivity index (χ0) is 20.2. The Hall–Kier alpha value is -3.15. The van der Waals surface area contributed by atoms with Crippen LogP contribution in [0, 0.1) is 12.7 Å². The van der Waals surface area contributed by atoms with Gasteiger partial charge in [-0.1, -0.05) is 30.3 Å². The van der Waals surface area contributed by atoms with Crippen molar-refractivity contribution < 1.29 is 13.9 Å². The van der Waals surface area contributed by atoms with Crippen LogP contribution in [0.2, 0.25) is 0 Å². The summed E-state index contributed by atoms with van der Waals surface area (Å²) in [5, 5.41) is 7.45. The number of rotatable bonds is 8. The van der Waals surface area contributed by atoms with E-state index in [4.69, 9.17) is 4.74 Å². The summed E-state index contributed by atoms with van der Waals surface area (Å²) in [6, 6.07) is 14.4. The number of aromatic nitrogens is 2. The van der Waals surface area contributed by atoms with Gasteiger partial charge in [0.15, 0.2) is 11.6 Å². The van der Waals surface area contributed by atoms with E-state index in [1.807, 2.05) is 35.9 Å². The standard InChI is InChI=1S/C23H24FN3O2/c1-16-7-2-4-9-20(16)27-22(17-11-12-17)18(15-26-27)23(28)25-13-6-14-29-21-10-5-3-8-19(21)24/h2-5,7-10,15,17H,6,11-14H2,1H3,(H,25,28). The van der Waals surface area contributed by atoms with Gasteiger partial charge in [0.1, 0.15) is 0 Å². The number of nitrogens with zero attached hydrogens (tertiary/aromatic N) is 2. The van der Waals surface area contributed by atoms with Crippen LogP contribution in [0.25, 0.3) is 5.69 Å². The third kappa shape index (κ3) is 4.31. The normalized spacial score (nSPS) is 13.3. The maximum Gasteiger partial charge on any atom is 0.254 e. The first-order valence-electron chi connectivity index (χ1n) is 9.94. The lowest BCUT2D eigenvalue weighted by Gasteiger charge is -2.11. The number of ether oxygens (including phenoxy) is 1. The molecule has 0 spiro atoms. The van der Waals surface area contributed by atoms with Crippen LogP contribution >= 0.6 is 0 Å². The molecule has 1 amide bonds. The highest BCUT2D eigenvalue weighted by Crippen LogP contribution is 2.42. The highest BCUT2D eigenvalue weighted by atomic mass is 19.1. The van der Waals surface area contributed by atoms with E-state index >= 15 is 0 Å². The quantitative estimate of drug-likeness (QED) is 0.577. The average molecular weight is 393 g/mol. The summed E-state index contributed by atoms with van der Waals surface area (Å²) in [7, 11) is 0. The topological polar surface area (TPSA) is 56.2 Å². The zero-order valence-corrected chi connectivity index (χ0v) is 16.4. The summed E-state index contributed by atoms with van der Waals surface area (Å²) in [5.41, 5.74) is 3.74. The molecule has 1 aromatic heterocycles. The second kappa shape index (κ2) is 8.47. The van der Waals surface area contributed by atoms with Gasteiger partial charge >= 0.3 is 0 Å². The highest BCUT2D eigenvalue weighted by molar-refractivity contribution is 5.95. The summed E-state index contributed by atoms with van der Waals surface area (Å²) in [4.78, 5) is 12.7. The van der Waals surface area contributed by atoms with Gasteiger partial charge in [-0.3, -0.25) is 4.79 Å². The number of carbonyl (C=O) groups excluding carboxylic acids is 1. The zero-order valence-electron chi connectivity index (χ0n) is 16.4. The first-order valence-corrected chi connectivity index (χ1v) is 9.94. The lowest BCUT2D eigenvalue weighted by Crippen LogP contribution is -2.26. The van der Waals surface area contributed by atoms with E-state index in [1.165, 1.54) is 6.07 Å². The molecule has 1 saturated carbocycles. The van der Waals surface area contributed by atoms with Crippen LogP contribution in [0.3, 0.4) is 0 Å². The van der Waals surface area contributed by atoms with E-state index in [0.717, 1.165) is 29.8 Å². The molecule has 0 radical (unpaired) electrons. The average Bonchev–Trinajstić information content (AvgIpc) is 3.47. The lowest BCUT2D eigenvalue weighted by molar-refractivity contribution is 0.0950. The van der Waals surface area contributed by atoms with Gasteiger partial charge < -0.3 is 10.1 Å². The summed E-state index contributed by atoms with van der Waals surface area (Å²) < 4.78 is 20.9. The first-order chi connectivity index (χ1) is 14.1. The van der Waals surface area contributed by atoms with Crippen LogP contribution in [-0.2, 0) is 0 Å². The summed E-state index contributed by atoms with van der Waals surface area (Å²) in [5.74, 6) is 0.100. The largest absolute Gasteiger partial charge is 0.490 e. The van der Waals surface area contributed by atoms with Gasteiger partial charge in [0, 0.05) is 12.5 Å². The monoisotopic (exact) mass is 393 g/mol. The number of carbonyl (C=O) groups is 1. The molecule has 0 aliphatic heterocycles. The van der Waals surface area contributed by atoms with E-state index in [1.54, 1.807) is 24.4 Å². The minimum atomic E-state index is -0.380. The van der Waals surface area contributed by atoms with Gasteiger partial charge in [0.05, 0.1) is 29.7 Å². The number of benzene rings is 2. The maximum atomic E-state index is 13.5. The van der Waals surface area contributed by atoms with Gasteiger partial charge in [-0.15, -0.1) is 0 Å². The second-order valence-electron chi connectivity index (χ2n) is 7.30. The van der Waals surface area contributed by atoms with Gasteiger partial charge in [-0.25, -0.2) is 9.07 Å². The van der Waals surface area contributed by atoms with Crippen LogP contribution in [-0.4, -0.2) is 28.8 Å². The molecule has 4 rings (SSSR count). The fourth-order valence-electron chi connectivity index (χ4n) is 3.39. The van der Waals surface area contributed by atoms with Crippen LogP contribution in [0.1, 0.15) is 46.8 Å². The third-order valence-corrected chi connectivity index (χ3v) is 5.06. The van der Waals surface area contributed by atoms with E-state index in [0.29, 0.717) is 31.1 Å². The van der Waals surface area contributed by atoms with Crippen LogP contribution < -0.4 is 10.1 Å². The summed E-state index contributed by atoms with van der Waals surface area (Å²) in [6.07, 6.45) is 4.40. The first kappa shape index (κ1) is 19.2. The molecule has 1 N–H and O–H groups in total. The predicted octanol–water partition coefficient (Wildman–Crippen LogP) is 4.40. The minimum Gasteiger partial charge on any atom is -0.490 e. The second-order valence-corrected chi connectivity index (χ2v) is 7.30. The van der Waals surface area contributed by atoms with Crippen molar-refractivity contribution in [3.8, 4) is 11.4 Å². The predicted molar refractivity (Wildman–Crippen MR) is 109 cm³/mol. The van der Waals surface area contributed by atoms with Crippen molar-refractivity contribution >= 4 is 5.91 Å². The number of aryl methyl sites for hydroxylation is 1. The highest BCUT2D eigenvalue weighted by Gasteiger charge is 2.33. The molecule has 150 valence electrons. The van der Waals surface area contributed by atoms with Crippen LogP contribution in [0.15, 0.2) is 54.7 Å². The molecule has 1 fully saturated rings. The molecule has 6 heteroatoms. The molecule has 1 aliphatic carbocycles. The Bertz CT molecular complexity index is 1010. The molecule has 0 atom stereocenters. The van der Waals surface area contributed by atoms with Crippen molar-refractivity contribution in [2.24, 2.45) is 0 Å². The SMILES string of the molecule is Cc1ccccc1-n1ncc(C(=O)NCCCOc2ccccc2F)c1C1CC1. The van der Waals surface area contributed by atoms with Crippen molar-refractivity contribution in [1.82, 2.24) is 15.1 Å². The van der Waals surface area contributed by atoms with Gasteiger partial charge in [-0.05, 0) is 49.9 Å². The molecule has 2 aromatic carbocycles. The Morgan fingerprint density at radius 3 is 2.72 bits per heavy atom. The number of halogens is 1. The molecule has 1 heterocycles. The molecule has 0 unspecified atom stereocenters. The Balaban J connectivity index is 1.38. The number of hydrogen-bond acceptors (Lipinski definition) is 3. The van der Waals surface area contributed by atoms with E-state index in [2.05, 4.69) is 10.4 Å². The molecular formula is C23H24FN3O2. The van der Waals surface area contributed by atoms with Crippen LogP contribution in [0.5, 0.6) is 5.75 Å². The third-order valence-electron chi connectivity index (χ3n) is 5.06. The number of hydrogen-bond donors (Lipinski definition) is 1. The number of para-hydroxylation sites is 2. The van der Waals surface area contributed by atoms with Crippen molar-refractivity contribution in [1.29, 1.82) is 0 Å². The summed E-state index contributed by atoms with van der Waals surface area (Å²) >= 11 is 0. The molecule has 0 bridgehead atoms. The van der Waals surface area contributed by atoms with Crippen molar-refractivity contribution in [3.63, 3.8) is 0 Å². The minimum absolute atomic E-state index is 0.127. The molecule has 5 nitrogen and oxygen atoms in total. The molecule has 3 aromatic rings. The number of nitrogens with one attached hydrogen (secondary N) is 1. The molecule has 29 heavy (non-hydrogen) atoms. The van der Waals surface area contributed by atoms with Crippen LogP contribution in [0.4, 0.5) is 4.39 Å². The van der Waals surface area contributed by atoms with E-state index in [-0.39, 0.29) is 17.5 Å². The Morgan fingerprint density at radius 2 is 1.97 bits per heavy atom. The van der Waals surface area contributed by atoms with Crippen molar-refractivity contribution in [2.75, 3.05) is 13.2 Å². The van der Waals surface area contributed by atoms with Crippen molar-refractivity contribution in [3.05, 3.63) is 77.4 Å². The van der Waals surface area contributed by atoms with Gasteiger partial charge in [0.2, 0.25) is 0 Å². The van der Waals surface area contributed by atoms with Crippen molar-refractivity contribution in [2.45, 2.75) is 32.1 Å². The van der Waals surface area contributed by atoms with E-state index in [9.17, 15) is 9.18 Å². The van der Waals surface area contributed by atoms with Gasteiger partial charge in [-0.2, -0.15) is 5.10 Å². The van der Waals surface area contributed by atoms with Gasteiger partial charge in [0.25, 0.3) is 5.91 Å². The Kier molecular flexibility index (Phi) is 5.60. The number of amides is 1. The Morgan fingerprint density at radius 1 is 1.21 bits per heavy atom. The molecule has 1 aliphatic rings. The fraction of sp³-hybridized carbons (Fsp3) is 0.304. The summed E-state index contributed by atoms with van der Waals surface area (Å²) in [6.45, 7) is 2.83. The Labute approximate surface area is 169 Å². The van der Waals surface area contributed by atoms with E-state index < -0.39 is 0 Å². The lowest BCUT2D eigenvalue weighted by atomic mass is 10.1. The maximum absolute atomic E-state index is 13.5. The smallest absolute Gasteiger partial charge is 0.254 e.